The molecule has 6 amide bonds. The summed E-state index contributed by atoms with van der Waals surface area (Å²) >= 11 is 0. The van der Waals surface area contributed by atoms with Gasteiger partial charge < -0.3 is 61.4 Å². The highest BCUT2D eigenvalue weighted by molar-refractivity contribution is 5.98. The lowest BCUT2D eigenvalue weighted by atomic mass is 9.85. The molecule has 24 nitrogen and oxygen atoms in total. The molecular formula is C48H85N13O11. The van der Waals surface area contributed by atoms with Gasteiger partial charge in [0.2, 0.25) is 35.4 Å². The number of hydrogen-bond acceptors (Lipinski definition) is 14. The number of rotatable bonds is 40. The number of carbonyl (C=O) groups is 11. The van der Waals surface area contributed by atoms with E-state index in [2.05, 4.69) is 31.3 Å². The Labute approximate surface area is 423 Å². The molecule has 18 N–H and O–H groups in total. The van der Waals surface area contributed by atoms with E-state index in [9.17, 15) is 52.7 Å². The minimum Gasteiger partial charge on any atom is -0.370 e. The molecule has 0 heterocycles. The summed E-state index contributed by atoms with van der Waals surface area (Å²) in [4.78, 5) is 152. The van der Waals surface area contributed by atoms with Crippen LogP contribution in [-0.4, -0.2) is 120 Å². The molecule has 408 valence electrons. The number of nitrogens with two attached hydrogens (primary N) is 7. The maximum absolute atomic E-state index is 14.1. The van der Waals surface area contributed by atoms with Crippen molar-refractivity contribution in [2.24, 2.45) is 85.6 Å². The van der Waals surface area contributed by atoms with E-state index in [1.807, 2.05) is 0 Å². The zero-order chi connectivity index (χ0) is 55.2. The molecule has 0 aromatic rings. The van der Waals surface area contributed by atoms with Crippen molar-refractivity contribution in [2.75, 3.05) is 19.6 Å². The Morgan fingerprint density at radius 1 is 0.458 bits per heavy atom. The minimum atomic E-state index is -1.18. The van der Waals surface area contributed by atoms with Gasteiger partial charge in [0.15, 0.2) is 35.1 Å². The lowest BCUT2D eigenvalue weighted by Crippen LogP contribution is -2.50. The molecule has 0 saturated heterocycles. The summed E-state index contributed by atoms with van der Waals surface area (Å²) in [5.41, 5.74) is 38.2. The number of nitrogens with zero attached hydrogens (tertiary/aromatic N) is 2. The van der Waals surface area contributed by atoms with Crippen LogP contribution in [0.1, 0.15) is 145 Å². The summed E-state index contributed by atoms with van der Waals surface area (Å²) in [6.45, 7) is 11.3. The lowest BCUT2D eigenvalue weighted by molar-refractivity contribution is -0.137. The molecular weight excluding hydrogens is 935 g/mol. The number of amides is 6. The second-order valence-corrected chi connectivity index (χ2v) is 19.2. The van der Waals surface area contributed by atoms with E-state index in [1.54, 1.807) is 27.7 Å². The van der Waals surface area contributed by atoms with Crippen LogP contribution >= 0.6 is 0 Å². The standard InChI is InChI=1S/C48H85N13O11/c1-26(2)34(25-39(66)36(59-30(7)63)16-18-42(51)69)46(72)61-43(27(3)4)40(67)24-33(13-11-21-57-48(54)55)44(70)58-28(5)37(64)23-32(12-10-20-56-47(52)53)45(71)60-35(14-8-9-19-49)38(65)22-31(29(6)62)15-17-41(50)68/h26-28,31-36,43H,8-25,49H2,1-7H3,(H2,50,68)(H2,51,69)(H,58,70)(H,59,63)(H,60,71)(H,61,72)(H4,52,53,56)(H4,54,55,57). The topological polar surface area (TPSA) is 443 Å². The largest absolute Gasteiger partial charge is 0.370 e. The van der Waals surface area contributed by atoms with Crippen LogP contribution in [0.4, 0.5) is 0 Å². The summed E-state index contributed by atoms with van der Waals surface area (Å²) < 4.78 is 0. The van der Waals surface area contributed by atoms with Crippen LogP contribution < -0.4 is 61.4 Å². The summed E-state index contributed by atoms with van der Waals surface area (Å²) in [5, 5.41) is 10.7. The fourth-order valence-electron chi connectivity index (χ4n) is 7.91. The van der Waals surface area contributed by atoms with Gasteiger partial charge in [0, 0.05) is 82.2 Å². The van der Waals surface area contributed by atoms with E-state index in [-0.39, 0.29) is 114 Å². The highest BCUT2D eigenvalue weighted by Gasteiger charge is 2.36. The van der Waals surface area contributed by atoms with E-state index in [4.69, 9.17) is 40.1 Å². The molecule has 0 bridgehead atoms. The second-order valence-electron chi connectivity index (χ2n) is 19.2. The molecule has 0 aromatic carbocycles. The number of guanidine groups is 2. The average molecular weight is 1020 g/mol. The van der Waals surface area contributed by atoms with Gasteiger partial charge in [-0.05, 0) is 90.0 Å². The number of Topliss-reactive ketones (excluding diaryl/α,β-unsaturated/α-hetero) is 5. The van der Waals surface area contributed by atoms with Gasteiger partial charge in [-0.3, -0.25) is 62.7 Å². The number of aliphatic imine (C=N–C) groups is 2. The van der Waals surface area contributed by atoms with Crippen molar-refractivity contribution in [1.29, 1.82) is 0 Å². The predicted octanol–water partition coefficient (Wildman–Crippen LogP) is -1.06. The van der Waals surface area contributed by atoms with Crippen molar-refractivity contribution in [2.45, 2.75) is 169 Å². The molecule has 24 heteroatoms. The van der Waals surface area contributed by atoms with Crippen molar-refractivity contribution in [3.8, 4) is 0 Å². The summed E-state index contributed by atoms with van der Waals surface area (Å²) in [6, 6.07) is -4.42. The van der Waals surface area contributed by atoms with E-state index >= 15 is 0 Å². The highest BCUT2D eigenvalue weighted by atomic mass is 16.2. The molecule has 8 unspecified atom stereocenters. The van der Waals surface area contributed by atoms with Gasteiger partial charge in [0.25, 0.3) is 0 Å². The third-order valence-electron chi connectivity index (χ3n) is 12.2. The van der Waals surface area contributed by atoms with Crippen molar-refractivity contribution < 1.29 is 52.7 Å². The Hall–Kier alpha value is -6.33. The fraction of sp³-hybridized carbons (Fsp3) is 0.729. The molecule has 0 spiro atoms. The SMILES string of the molecule is CC(=O)NC(CCC(N)=O)C(=O)CC(C(=O)NC(C(=O)CC(CCCN=C(N)N)C(=O)NC(C)C(=O)CC(CCCN=C(N)N)C(=O)NC(CCCCN)C(=O)CC(CCC(N)=O)C(C)=O)C(C)C)C(C)C. The lowest BCUT2D eigenvalue weighted by Gasteiger charge is -2.28. The fourth-order valence-corrected chi connectivity index (χ4v) is 7.91. The number of carbonyl (C=O) groups excluding carboxylic acids is 11. The molecule has 0 aliphatic heterocycles. The van der Waals surface area contributed by atoms with Gasteiger partial charge in [-0.1, -0.05) is 27.7 Å². The van der Waals surface area contributed by atoms with Gasteiger partial charge in [-0.2, -0.15) is 0 Å². The minimum absolute atomic E-state index is 0.0550. The summed E-state index contributed by atoms with van der Waals surface area (Å²) in [7, 11) is 0. The van der Waals surface area contributed by atoms with Crippen LogP contribution in [0.5, 0.6) is 0 Å². The zero-order valence-electron chi connectivity index (χ0n) is 43.4. The van der Waals surface area contributed by atoms with Crippen molar-refractivity contribution in [1.82, 2.24) is 21.3 Å². The number of ketones is 5. The van der Waals surface area contributed by atoms with Crippen LogP contribution in [0.15, 0.2) is 9.98 Å². The molecule has 0 aromatic heterocycles. The van der Waals surface area contributed by atoms with Crippen LogP contribution in [0.25, 0.3) is 0 Å². The van der Waals surface area contributed by atoms with Crippen LogP contribution in [-0.2, 0) is 52.7 Å². The maximum atomic E-state index is 14.1. The van der Waals surface area contributed by atoms with E-state index < -0.39 is 118 Å². The normalized spacial score (nSPS) is 14.5. The van der Waals surface area contributed by atoms with Gasteiger partial charge in [-0.25, -0.2) is 0 Å². The van der Waals surface area contributed by atoms with Gasteiger partial charge in [0.05, 0.1) is 24.2 Å². The van der Waals surface area contributed by atoms with Crippen molar-refractivity contribution in [3.05, 3.63) is 0 Å². The van der Waals surface area contributed by atoms with Crippen molar-refractivity contribution >= 4 is 76.3 Å². The summed E-state index contributed by atoms with van der Waals surface area (Å²) in [5.74, 6) is -11.2. The van der Waals surface area contributed by atoms with Crippen LogP contribution in [0.3, 0.4) is 0 Å². The maximum Gasteiger partial charge on any atom is 0.224 e. The smallest absolute Gasteiger partial charge is 0.224 e. The number of primary amides is 2. The van der Waals surface area contributed by atoms with Gasteiger partial charge in [0.1, 0.15) is 5.78 Å². The summed E-state index contributed by atoms with van der Waals surface area (Å²) in [6.07, 6.45) is 0.200. The molecule has 0 aliphatic carbocycles. The Kier molecular flexibility index (Phi) is 31.8. The van der Waals surface area contributed by atoms with Crippen molar-refractivity contribution in [3.63, 3.8) is 0 Å². The van der Waals surface area contributed by atoms with Gasteiger partial charge in [-0.15, -0.1) is 0 Å². The Balaban J connectivity index is 6.57. The van der Waals surface area contributed by atoms with Crippen LogP contribution in [0.2, 0.25) is 0 Å². The first-order chi connectivity index (χ1) is 33.6. The Bertz CT molecular complexity index is 1920. The second kappa shape index (κ2) is 34.9. The molecule has 0 saturated carbocycles. The average Bonchev–Trinajstić information content (AvgIpc) is 3.27. The molecule has 0 aliphatic rings. The molecule has 72 heavy (non-hydrogen) atoms. The third kappa shape index (κ3) is 27.9. The zero-order valence-corrected chi connectivity index (χ0v) is 43.4. The van der Waals surface area contributed by atoms with E-state index in [0.717, 1.165) is 0 Å². The molecule has 8 atom stereocenters. The number of nitrogens with one attached hydrogen (secondary N) is 4. The monoisotopic (exact) mass is 1020 g/mol. The van der Waals surface area contributed by atoms with Crippen LogP contribution in [0, 0.1) is 35.5 Å². The van der Waals surface area contributed by atoms with E-state index in [1.165, 1.54) is 20.8 Å². The first kappa shape index (κ1) is 65.7. The van der Waals surface area contributed by atoms with Gasteiger partial charge >= 0.3 is 0 Å². The highest BCUT2D eigenvalue weighted by Crippen LogP contribution is 2.23. The number of hydrogen-bond donors (Lipinski definition) is 11. The molecule has 0 rings (SSSR count). The Morgan fingerprint density at radius 2 is 0.931 bits per heavy atom. The first-order valence-corrected chi connectivity index (χ1v) is 24.8. The third-order valence-corrected chi connectivity index (χ3v) is 12.2. The number of unbranched alkanes of at least 4 members (excludes halogenated alkanes) is 1. The Morgan fingerprint density at radius 3 is 1.39 bits per heavy atom. The predicted molar refractivity (Wildman–Crippen MR) is 271 cm³/mol. The first-order valence-electron chi connectivity index (χ1n) is 24.8. The molecule has 0 fully saturated rings. The quantitative estimate of drug-likeness (QED) is 0.0198. The molecule has 0 radical (unpaired) electrons. The van der Waals surface area contributed by atoms with E-state index in [0.29, 0.717) is 19.4 Å².